The van der Waals surface area contributed by atoms with E-state index in [2.05, 4.69) is 30.1 Å². The molecule has 0 aliphatic carbocycles. The number of aromatic nitrogens is 2. The third-order valence-electron chi connectivity index (χ3n) is 4.40. The lowest BCUT2D eigenvalue weighted by Crippen LogP contribution is -2.30. The summed E-state index contributed by atoms with van der Waals surface area (Å²) in [5.74, 6) is 1.70. The number of piperidine rings is 1. The lowest BCUT2D eigenvalue weighted by molar-refractivity contribution is 0.573. The maximum atomic E-state index is 6.13. The number of hydrogen-bond acceptors (Lipinski definition) is 4. The molecule has 1 aromatic heterocycles. The molecule has 2 heterocycles. The number of rotatable bonds is 5. The molecule has 0 amide bonds. The van der Waals surface area contributed by atoms with E-state index < -0.39 is 0 Å². The normalized spacial score (nSPS) is 14.7. The van der Waals surface area contributed by atoms with Crippen LogP contribution in [0, 0.1) is 6.92 Å². The van der Waals surface area contributed by atoms with E-state index in [0.29, 0.717) is 11.0 Å². The first-order valence-electron chi connectivity index (χ1n) is 8.82. The monoisotopic (exact) mass is 344 g/mol. The third kappa shape index (κ3) is 4.18. The molecule has 24 heavy (non-hydrogen) atoms. The Kier molecular flexibility index (Phi) is 5.56. The number of benzene rings is 1. The first-order valence-corrected chi connectivity index (χ1v) is 9.19. The van der Waals surface area contributed by atoms with E-state index >= 15 is 0 Å². The van der Waals surface area contributed by atoms with Crippen molar-refractivity contribution in [2.75, 3.05) is 23.3 Å². The van der Waals surface area contributed by atoms with Crippen LogP contribution in [0.15, 0.2) is 24.3 Å². The van der Waals surface area contributed by atoms with Gasteiger partial charge in [0.05, 0.1) is 0 Å². The second-order valence-electron chi connectivity index (χ2n) is 6.42. The molecule has 0 saturated carbocycles. The minimum Gasteiger partial charge on any atom is -0.356 e. The Morgan fingerprint density at radius 2 is 1.92 bits per heavy atom. The van der Waals surface area contributed by atoms with Gasteiger partial charge in [-0.05, 0) is 50.3 Å². The molecule has 1 saturated heterocycles. The molecule has 1 aromatic carbocycles. The highest BCUT2D eigenvalue weighted by Gasteiger charge is 2.15. The third-order valence-corrected chi connectivity index (χ3v) is 4.63. The highest BCUT2D eigenvalue weighted by Crippen LogP contribution is 2.25. The largest absolute Gasteiger partial charge is 0.356 e. The second-order valence-corrected chi connectivity index (χ2v) is 6.86. The average molecular weight is 345 g/mol. The predicted molar refractivity (Wildman–Crippen MR) is 102 cm³/mol. The van der Waals surface area contributed by atoms with Crippen molar-refractivity contribution in [2.45, 2.75) is 46.0 Å². The number of hydrogen-bond donors (Lipinski definition) is 1. The van der Waals surface area contributed by atoms with E-state index in [1.54, 1.807) is 0 Å². The Morgan fingerprint density at radius 1 is 1.12 bits per heavy atom. The zero-order valence-electron chi connectivity index (χ0n) is 14.5. The molecule has 5 heteroatoms. The van der Waals surface area contributed by atoms with Crippen molar-refractivity contribution in [3.05, 3.63) is 40.5 Å². The molecule has 0 spiro atoms. The Balaban J connectivity index is 1.90. The van der Waals surface area contributed by atoms with Gasteiger partial charge in [0.1, 0.15) is 5.82 Å². The first kappa shape index (κ1) is 17.0. The smallest absolute Gasteiger partial charge is 0.229 e. The molecule has 128 valence electrons. The standard InChI is InChI=1S/C19H25ClN4/c1-3-7-16-13-18(24-10-5-4-6-11-24)23-19(21-16)22-17-12-15(20)9-8-14(17)2/h8-9,12-13H,3-7,10-11H2,1-2H3,(H,21,22,23). The molecule has 1 N–H and O–H groups in total. The van der Waals surface area contributed by atoms with E-state index in [-0.39, 0.29) is 0 Å². The van der Waals surface area contributed by atoms with Crippen molar-refractivity contribution in [1.82, 2.24) is 9.97 Å². The van der Waals surface area contributed by atoms with Crippen LogP contribution in [-0.2, 0) is 6.42 Å². The summed E-state index contributed by atoms with van der Waals surface area (Å²) in [5.41, 5.74) is 3.18. The molecule has 1 aliphatic rings. The molecule has 0 radical (unpaired) electrons. The van der Waals surface area contributed by atoms with Gasteiger partial charge in [-0.15, -0.1) is 0 Å². The van der Waals surface area contributed by atoms with Crippen molar-refractivity contribution in [1.29, 1.82) is 0 Å². The average Bonchev–Trinajstić information content (AvgIpc) is 2.59. The lowest BCUT2D eigenvalue weighted by Gasteiger charge is -2.28. The summed E-state index contributed by atoms with van der Waals surface area (Å²) < 4.78 is 0. The van der Waals surface area contributed by atoms with Gasteiger partial charge >= 0.3 is 0 Å². The van der Waals surface area contributed by atoms with Crippen LogP contribution >= 0.6 is 11.6 Å². The highest BCUT2D eigenvalue weighted by molar-refractivity contribution is 6.30. The summed E-state index contributed by atoms with van der Waals surface area (Å²) in [6.07, 6.45) is 5.83. The van der Waals surface area contributed by atoms with E-state index in [9.17, 15) is 0 Å². The maximum absolute atomic E-state index is 6.13. The Hall–Kier alpha value is -1.81. The van der Waals surface area contributed by atoms with Gasteiger partial charge in [0.2, 0.25) is 5.95 Å². The van der Waals surface area contributed by atoms with E-state index in [0.717, 1.165) is 48.7 Å². The van der Waals surface area contributed by atoms with Crippen molar-refractivity contribution in [2.24, 2.45) is 0 Å². The number of halogens is 1. The fourth-order valence-corrected chi connectivity index (χ4v) is 3.23. The van der Waals surface area contributed by atoms with Crippen LogP contribution < -0.4 is 10.2 Å². The molecule has 0 bridgehead atoms. The molecule has 1 aliphatic heterocycles. The van der Waals surface area contributed by atoms with Crippen LogP contribution in [0.2, 0.25) is 5.02 Å². The summed E-state index contributed by atoms with van der Waals surface area (Å²) in [4.78, 5) is 11.8. The van der Waals surface area contributed by atoms with Gasteiger partial charge in [0.15, 0.2) is 0 Å². The number of anilines is 3. The summed E-state index contributed by atoms with van der Waals surface area (Å²) in [7, 11) is 0. The minimum absolute atomic E-state index is 0.659. The summed E-state index contributed by atoms with van der Waals surface area (Å²) >= 11 is 6.13. The van der Waals surface area contributed by atoms with Gasteiger partial charge in [-0.3, -0.25) is 0 Å². The van der Waals surface area contributed by atoms with Crippen molar-refractivity contribution in [3.63, 3.8) is 0 Å². The predicted octanol–water partition coefficient (Wildman–Crippen LogP) is 5.12. The Labute approximate surface area is 149 Å². The van der Waals surface area contributed by atoms with Crippen LogP contribution in [0.1, 0.15) is 43.9 Å². The molecule has 0 atom stereocenters. The van der Waals surface area contributed by atoms with Crippen molar-refractivity contribution >= 4 is 29.1 Å². The SMILES string of the molecule is CCCc1cc(N2CCCCC2)nc(Nc2cc(Cl)ccc2C)n1. The Morgan fingerprint density at radius 3 is 2.67 bits per heavy atom. The van der Waals surface area contributed by atoms with Crippen LogP contribution in [0.5, 0.6) is 0 Å². The summed E-state index contributed by atoms with van der Waals surface area (Å²) in [6, 6.07) is 7.97. The van der Waals surface area contributed by atoms with E-state index in [1.807, 2.05) is 18.2 Å². The van der Waals surface area contributed by atoms with Crippen molar-refractivity contribution < 1.29 is 0 Å². The van der Waals surface area contributed by atoms with Crippen LogP contribution in [0.25, 0.3) is 0 Å². The molecule has 3 rings (SSSR count). The summed E-state index contributed by atoms with van der Waals surface area (Å²) in [6.45, 7) is 6.40. The maximum Gasteiger partial charge on any atom is 0.229 e. The van der Waals surface area contributed by atoms with Gasteiger partial charge in [-0.2, -0.15) is 4.98 Å². The molecular formula is C19H25ClN4. The second kappa shape index (κ2) is 7.84. The quantitative estimate of drug-likeness (QED) is 0.816. The van der Waals surface area contributed by atoms with Gasteiger partial charge in [0.25, 0.3) is 0 Å². The number of nitrogens with zero attached hydrogens (tertiary/aromatic N) is 3. The van der Waals surface area contributed by atoms with Crippen LogP contribution in [0.4, 0.5) is 17.5 Å². The fraction of sp³-hybridized carbons (Fsp3) is 0.474. The highest BCUT2D eigenvalue weighted by atomic mass is 35.5. The molecule has 4 nitrogen and oxygen atoms in total. The van der Waals surface area contributed by atoms with E-state index in [4.69, 9.17) is 21.6 Å². The zero-order valence-corrected chi connectivity index (χ0v) is 15.2. The zero-order chi connectivity index (χ0) is 16.9. The molecule has 0 unspecified atom stereocenters. The lowest BCUT2D eigenvalue weighted by atomic mass is 10.1. The topological polar surface area (TPSA) is 41.1 Å². The van der Waals surface area contributed by atoms with Crippen LogP contribution in [0.3, 0.4) is 0 Å². The molecular weight excluding hydrogens is 320 g/mol. The van der Waals surface area contributed by atoms with Gasteiger partial charge < -0.3 is 10.2 Å². The van der Waals surface area contributed by atoms with Crippen LogP contribution in [-0.4, -0.2) is 23.1 Å². The van der Waals surface area contributed by atoms with Gasteiger partial charge in [0, 0.05) is 35.6 Å². The number of nitrogens with one attached hydrogen (secondary N) is 1. The molecule has 1 fully saturated rings. The first-order chi connectivity index (χ1) is 11.7. The van der Waals surface area contributed by atoms with Crippen molar-refractivity contribution in [3.8, 4) is 0 Å². The van der Waals surface area contributed by atoms with E-state index in [1.165, 1.54) is 19.3 Å². The Bertz CT molecular complexity index is 696. The number of aryl methyl sites for hydroxylation is 2. The van der Waals surface area contributed by atoms with Gasteiger partial charge in [-0.1, -0.05) is 31.0 Å². The minimum atomic E-state index is 0.659. The van der Waals surface area contributed by atoms with Gasteiger partial charge in [-0.25, -0.2) is 4.98 Å². The molecule has 2 aromatic rings. The fourth-order valence-electron chi connectivity index (χ4n) is 3.06. The summed E-state index contributed by atoms with van der Waals surface area (Å²) in [5, 5.41) is 4.07.